The molecule has 23 heavy (non-hydrogen) atoms. The van der Waals surface area contributed by atoms with Gasteiger partial charge in [-0.25, -0.2) is 0 Å². The third-order valence-corrected chi connectivity index (χ3v) is 5.98. The highest BCUT2D eigenvalue weighted by molar-refractivity contribution is 14.0. The lowest BCUT2D eigenvalue weighted by Gasteiger charge is -2.31. The van der Waals surface area contributed by atoms with E-state index in [9.17, 15) is 0 Å². The molecule has 134 valence electrons. The fourth-order valence-electron chi connectivity index (χ4n) is 4.25. The Hall–Kier alpha value is -0.0400. The summed E-state index contributed by atoms with van der Waals surface area (Å²) in [5.74, 6) is 2.41. The number of aliphatic imine (C=N–C) groups is 1. The Labute approximate surface area is 159 Å². The Morgan fingerprint density at radius 2 is 1.70 bits per heavy atom. The number of nitrogens with zero attached hydrogens (tertiary/aromatic N) is 2. The summed E-state index contributed by atoms with van der Waals surface area (Å²) in [4.78, 5) is 7.22. The normalized spacial score (nSPS) is 27.5. The third-order valence-electron chi connectivity index (χ3n) is 5.98. The molecule has 0 aromatic heterocycles. The number of hydrogen-bond donors (Lipinski definition) is 2. The SMILES string of the molecule is I.NC(=NCC1CCC1)NCC1CCCN1CC1CCCCC1. The van der Waals surface area contributed by atoms with E-state index in [1.165, 1.54) is 77.3 Å². The molecule has 0 bridgehead atoms. The van der Waals surface area contributed by atoms with Crippen molar-refractivity contribution in [3.05, 3.63) is 0 Å². The Bertz CT molecular complexity index is 364. The molecular formula is C18H35IN4. The molecule has 0 spiro atoms. The van der Waals surface area contributed by atoms with Gasteiger partial charge in [0.1, 0.15) is 0 Å². The van der Waals surface area contributed by atoms with E-state index in [1.807, 2.05) is 0 Å². The van der Waals surface area contributed by atoms with Crippen LogP contribution in [0, 0.1) is 11.8 Å². The van der Waals surface area contributed by atoms with Crippen molar-refractivity contribution in [3.8, 4) is 0 Å². The fraction of sp³-hybridized carbons (Fsp3) is 0.944. The largest absolute Gasteiger partial charge is 0.370 e. The number of hydrogen-bond acceptors (Lipinski definition) is 2. The summed E-state index contributed by atoms with van der Waals surface area (Å²) in [5, 5.41) is 3.38. The molecule has 2 aliphatic carbocycles. The van der Waals surface area contributed by atoms with Crippen LogP contribution in [0.3, 0.4) is 0 Å². The molecular weight excluding hydrogens is 399 g/mol. The first-order valence-corrected chi connectivity index (χ1v) is 9.59. The monoisotopic (exact) mass is 434 g/mol. The van der Waals surface area contributed by atoms with Crippen molar-refractivity contribution in [2.45, 2.75) is 70.3 Å². The molecule has 3 aliphatic rings. The van der Waals surface area contributed by atoms with E-state index in [0.29, 0.717) is 12.0 Å². The van der Waals surface area contributed by atoms with Gasteiger partial charge in [-0.05, 0) is 56.9 Å². The molecule has 0 aromatic rings. The average Bonchev–Trinajstić information content (AvgIpc) is 2.92. The van der Waals surface area contributed by atoms with Crippen LogP contribution in [0.2, 0.25) is 0 Å². The van der Waals surface area contributed by atoms with Crippen molar-refractivity contribution >= 4 is 29.9 Å². The molecule has 4 nitrogen and oxygen atoms in total. The highest BCUT2D eigenvalue weighted by atomic mass is 127. The van der Waals surface area contributed by atoms with Gasteiger partial charge in [0, 0.05) is 25.7 Å². The van der Waals surface area contributed by atoms with E-state index >= 15 is 0 Å². The fourth-order valence-corrected chi connectivity index (χ4v) is 4.25. The predicted molar refractivity (Wildman–Crippen MR) is 108 cm³/mol. The Kier molecular flexibility index (Phi) is 8.44. The van der Waals surface area contributed by atoms with Crippen LogP contribution in [0.1, 0.15) is 64.2 Å². The first kappa shape index (κ1) is 19.3. The predicted octanol–water partition coefficient (Wildman–Crippen LogP) is 3.35. The van der Waals surface area contributed by atoms with Crippen molar-refractivity contribution in [1.29, 1.82) is 0 Å². The first-order chi connectivity index (χ1) is 10.8. The van der Waals surface area contributed by atoms with Crippen molar-refractivity contribution in [3.63, 3.8) is 0 Å². The molecule has 1 saturated heterocycles. The van der Waals surface area contributed by atoms with Gasteiger partial charge in [-0.15, -0.1) is 24.0 Å². The number of nitrogens with two attached hydrogens (primary N) is 1. The lowest BCUT2D eigenvalue weighted by molar-refractivity contribution is 0.188. The van der Waals surface area contributed by atoms with Gasteiger partial charge in [0.15, 0.2) is 5.96 Å². The summed E-state index contributed by atoms with van der Waals surface area (Å²) in [6.07, 6.45) is 14.0. The minimum atomic E-state index is 0. The zero-order valence-electron chi connectivity index (χ0n) is 14.5. The second-order valence-corrected chi connectivity index (χ2v) is 7.70. The summed E-state index contributed by atoms with van der Waals surface area (Å²) in [7, 11) is 0. The zero-order valence-corrected chi connectivity index (χ0v) is 16.8. The minimum absolute atomic E-state index is 0. The summed E-state index contributed by atoms with van der Waals surface area (Å²) in [6, 6.07) is 0.666. The molecule has 0 aromatic carbocycles. The molecule has 5 heteroatoms. The second kappa shape index (κ2) is 10.1. The van der Waals surface area contributed by atoms with Crippen LogP contribution in [-0.2, 0) is 0 Å². The molecule has 2 saturated carbocycles. The second-order valence-electron chi connectivity index (χ2n) is 7.70. The molecule has 1 heterocycles. The standard InChI is InChI=1S/C18H34N4.HI/c19-18(20-12-15-8-4-9-15)21-13-17-10-5-11-22(17)14-16-6-2-1-3-7-16;/h15-17H,1-14H2,(H3,19,20,21);1H. The van der Waals surface area contributed by atoms with Gasteiger partial charge in [0.05, 0.1) is 0 Å². The van der Waals surface area contributed by atoms with Crippen molar-refractivity contribution in [2.24, 2.45) is 22.6 Å². The van der Waals surface area contributed by atoms with Crippen LogP contribution in [0.4, 0.5) is 0 Å². The van der Waals surface area contributed by atoms with Crippen LogP contribution < -0.4 is 11.1 Å². The molecule has 3 rings (SSSR count). The summed E-state index contributed by atoms with van der Waals surface area (Å²) >= 11 is 0. The van der Waals surface area contributed by atoms with Gasteiger partial charge in [-0.1, -0.05) is 25.7 Å². The van der Waals surface area contributed by atoms with E-state index in [-0.39, 0.29) is 24.0 Å². The van der Waals surface area contributed by atoms with Gasteiger partial charge in [0.25, 0.3) is 0 Å². The number of guanidine groups is 1. The Balaban J connectivity index is 0.00000192. The van der Waals surface area contributed by atoms with Gasteiger partial charge >= 0.3 is 0 Å². The van der Waals surface area contributed by atoms with Gasteiger partial charge in [-0.3, -0.25) is 9.89 Å². The van der Waals surface area contributed by atoms with E-state index in [0.717, 1.165) is 24.9 Å². The third kappa shape index (κ3) is 6.07. The minimum Gasteiger partial charge on any atom is -0.370 e. The smallest absolute Gasteiger partial charge is 0.188 e. The molecule has 1 atom stereocenters. The number of nitrogens with one attached hydrogen (secondary N) is 1. The van der Waals surface area contributed by atoms with Crippen molar-refractivity contribution < 1.29 is 0 Å². The lowest BCUT2D eigenvalue weighted by atomic mass is 9.86. The molecule has 1 unspecified atom stereocenters. The van der Waals surface area contributed by atoms with Crippen LogP contribution >= 0.6 is 24.0 Å². The Morgan fingerprint density at radius 3 is 2.39 bits per heavy atom. The first-order valence-electron chi connectivity index (χ1n) is 9.59. The van der Waals surface area contributed by atoms with E-state index in [4.69, 9.17) is 5.73 Å². The molecule has 0 amide bonds. The van der Waals surface area contributed by atoms with E-state index < -0.39 is 0 Å². The van der Waals surface area contributed by atoms with Crippen LogP contribution in [0.25, 0.3) is 0 Å². The van der Waals surface area contributed by atoms with E-state index in [2.05, 4.69) is 15.2 Å². The number of rotatable bonds is 6. The van der Waals surface area contributed by atoms with Gasteiger partial charge < -0.3 is 11.1 Å². The number of likely N-dealkylation sites (tertiary alicyclic amines) is 1. The number of halogens is 1. The molecule has 3 N–H and O–H groups in total. The summed E-state index contributed by atoms with van der Waals surface area (Å²) < 4.78 is 0. The molecule has 3 fully saturated rings. The maximum atomic E-state index is 6.03. The topological polar surface area (TPSA) is 53.6 Å². The average molecular weight is 434 g/mol. The van der Waals surface area contributed by atoms with Crippen LogP contribution in [0.15, 0.2) is 4.99 Å². The van der Waals surface area contributed by atoms with Crippen molar-refractivity contribution in [1.82, 2.24) is 10.2 Å². The lowest BCUT2D eigenvalue weighted by Crippen LogP contribution is -2.44. The van der Waals surface area contributed by atoms with Gasteiger partial charge in [-0.2, -0.15) is 0 Å². The maximum Gasteiger partial charge on any atom is 0.188 e. The van der Waals surface area contributed by atoms with Crippen LogP contribution in [-0.4, -0.2) is 43.1 Å². The van der Waals surface area contributed by atoms with Gasteiger partial charge in [0.2, 0.25) is 0 Å². The highest BCUT2D eigenvalue weighted by Crippen LogP contribution is 2.27. The quantitative estimate of drug-likeness (QED) is 0.383. The maximum absolute atomic E-state index is 6.03. The van der Waals surface area contributed by atoms with Crippen molar-refractivity contribution in [2.75, 3.05) is 26.2 Å². The highest BCUT2D eigenvalue weighted by Gasteiger charge is 2.27. The Morgan fingerprint density at radius 1 is 0.957 bits per heavy atom. The van der Waals surface area contributed by atoms with E-state index in [1.54, 1.807) is 0 Å². The summed E-state index contributed by atoms with van der Waals surface area (Å²) in [5.41, 5.74) is 6.03. The molecule has 1 aliphatic heterocycles. The summed E-state index contributed by atoms with van der Waals surface area (Å²) in [6.45, 7) is 4.50. The zero-order chi connectivity index (χ0) is 15.2. The van der Waals surface area contributed by atoms with Crippen LogP contribution in [0.5, 0.6) is 0 Å². The molecule has 0 radical (unpaired) electrons.